The molecule has 0 spiro atoms. The summed E-state index contributed by atoms with van der Waals surface area (Å²) in [6.45, 7) is 8.49. The van der Waals surface area contributed by atoms with Crippen LogP contribution in [0.4, 0.5) is 0 Å². The van der Waals surface area contributed by atoms with E-state index < -0.39 is 0 Å². The zero-order valence-electron chi connectivity index (χ0n) is 11.9. The standard InChI is InChI=1S/C15H22N4/c1-15(2,3)13-6-4-12(5-7-13)10-16-9-8-14-17-11-18-19-14/h4-7,11,16H,8-10H2,1-3H3,(H,17,18,19). The van der Waals surface area contributed by atoms with Crippen molar-refractivity contribution in [2.75, 3.05) is 6.54 Å². The van der Waals surface area contributed by atoms with E-state index in [1.165, 1.54) is 11.1 Å². The van der Waals surface area contributed by atoms with Gasteiger partial charge in [0.2, 0.25) is 0 Å². The van der Waals surface area contributed by atoms with Crippen molar-refractivity contribution in [1.82, 2.24) is 20.5 Å². The van der Waals surface area contributed by atoms with Crippen LogP contribution in [-0.4, -0.2) is 21.7 Å². The lowest BCUT2D eigenvalue weighted by Gasteiger charge is -2.19. The van der Waals surface area contributed by atoms with E-state index in [0.29, 0.717) is 0 Å². The van der Waals surface area contributed by atoms with Crippen molar-refractivity contribution >= 4 is 0 Å². The number of nitrogens with one attached hydrogen (secondary N) is 2. The van der Waals surface area contributed by atoms with Gasteiger partial charge in [0, 0.05) is 19.5 Å². The van der Waals surface area contributed by atoms with Gasteiger partial charge in [-0.1, -0.05) is 45.0 Å². The number of nitrogens with zero attached hydrogens (tertiary/aromatic N) is 2. The van der Waals surface area contributed by atoms with Crippen molar-refractivity contribution in [2.24, 2.45) is 0 Å². The molecular formula is C15H22N4. The summed E-state index contributed by atoms with van der Waals surface area (Å²) < 4.78 is 0. The number of aromatic amines is 1. The predicted molar refractivity (Wildman–Crippen MR) is 76.9 cm³/mol. The van der Waals surface area contributed by atoms with Crippen LogP contribution < -0.4 is 5.32 Å². The van der Waals surface area contributed by atoms with Gasteiger partial charge in [0.25, 0.3) is 0 Å². The molecule has 2 rings (SSSR count). The molecule has 0 unspecified atom stereocenters. The molecule has 0 radical (unpaired) electrons. The highest BCUT2D eigenvalue weighted by Crippen LogP contribution is 2.22. The zero-order chi connectivity index (χ0) is 13.7. The summed E-state index contributed by atoms with van der Waals surface area (Å²) in [6, 6.07) is 8.82. The van der Waals surface area contributed by atoms with Crippen LogP contribution in [0.15, 0.2) is 30.6 Å². The molecule has 0 saturated carbocycles. The van der Waals surface area contributed by atoms with Gasteiger partial charge in [0.05, 0.1) is 0 Å². The molecule has 0 atom stereocenters. The molecule has 0 aliphatic heterocycles. The first-order valence-electron chi connectivity index (χ1n) is 6.70. The third-order valence-electron chi connectivity index (χ3n) is 3.15. The molecule has 19 heavy (non-hydrogen) atoms. The van der Waals surface area contributed by atoms with Gasteiger partial charge >= 0.3 is 0 Å². The fourth-order valence-corrected chi connectivity index (χ4v) is 1.91. The number of aromatic nitrogens is 3. The Kier molecular flexibility index (Phi) is 4.32. The predicted octanol–water partition coefficient (Wildman–Crippen LogP) is 2.43. The monoisotopic (exact) mass is 258 g/mol. The molecule has 4 heteroatoms. The Labute approximate surface area is 114 Å². The fourth-order valence-electron chi connectivity index (χ4n) is 1.91. The highest BCUT2D eigenvalue weighted by atomic mass is 15.2. The van der Waals surface area contributed by atoms with Crippen LogP contribution in [-0.2, 0) is 18.4 Å². The average Bonchev–Trinajstić information content (AvgIpc) is 2.87. The summed E-state index contributed by atoms with van der Waals surface area (Å²) in [6.07, 6.45) is 2.42. The lowest BCUT2D eigenvalue weighted by Crippen LogP contribution is -2.17. The van der Waals surface area contributed by atoms with Crippen molar-refractivity contribution in [3.8, 4) is 0 Å². The van der Waals surface area contributed by atoms with Crippen LogP contribution in [0.5, 0.6) is 0 Å². The number of rotatable bonds is 5. The second-order valence-corrected chi connectivity index (χ2v) is 5.81. The average molecular weight is 258 g/mol. The van der Waals surface area contributed by atoms with E-state index in [2.05, 4.69) is 65.5 Å². The van der Waals surface area contributed by atoms with Crippen LogP contribution in [0.25, 0.3) is 0 Å². The first-order chi connectivity index (χ1) is 9.05. The third kappa shape index (κ3) is 4.17. The normalized spacial score (nSPS) is 11.7. The lowest BCUT2D eigenvalue weighted by molar-refractivity contribution is 0.589. The van der Waals surface area contributed by atoms with Gasteiger partial charge in [-0.15, -0.1) is 0 Å². The second kappa shape index (κ2) is 5.97. The quantitative estimate of drug-likeness (QED) is 0.810. The summed E-state index contributed by atoms with van der Waals surface area (Å²) >= 11 is 0. The third-order valence-corrected chi connectivity index (χ3v) is 3.15. The Morgan fingerprint density at radius 2 is 1.89 bits per heavy atom. The van der Waals surface area contributed by atoms with Crippen LogP contribution in [0.1, 0.15) is 37.7 Å². The fraction of sp³-hybridized carbons (Fsp3) is 0.467. The molecule has 102 valence electrons. The number of hydrogen-bond acceptors (Lipinski definition) is 3. The van der Waals surface area contributed by atoms with Crippen LogP contribution >= 0.6 is 0 Å². The second-order valence-electron chi connectivity index (χ2n) is 5.81. The van der Waals surface area contributed by atoms with Gasteiger partial charge in [-0.25, -0.2) is 4.98 Å². The molecule has 0 aliphatic rings. The molecule has 2 N–H and O–H groups in total. The van der Waals surface area contributed by atoms with Gasteiger partial charge < -0.3 is 5.32 Å². The molecule has 0 bridgehead atoms. The van der Waals surface area contributed by atoms with Gasteiger partial charge in [0.15, 0.2) is 0 Å². The molecule has 4 nitrogen and oxygen atoms in total. The summed E-state index contributed by atoms with van der Waals surface area (Å²) in [7, 11) is 0. The van der Waals surface area contributed by atoms with Crippen molar-refractivity contribution in [3.05, 3.63) is 47.5 Å². The van der Waals surface area contributed by atoms with E-state index in [0.717, 1.165) is 25.3 Å². The zero-order valence-corrected chi connectivity index (χ0v) is 11.9. The van der Waals surface area contributed by atoms with Crippen molar-refractivity contribution in [2.45, 2.75) is 39.2 Å². The Hall–Kier alpha value is -1.68. The minimum absolute atomic E-state index is 0.220. The van der Waals surface area contributed by atoms with E-state index >= 15 is 0 Å². The van der Waals surface area contributed by atoms with E-state index in [4.69, 9.17) is 0 Å². The van der Waals surface area contributed by atoms with Gasteiger partial charge in [0.1, 0.15) is 12.2 Å². The SMILES string of the molecule is CC(C)(C)c1ccc(CNCCc2ncn[nH]2)cc1. The van der Waals surface area contributed by atoms with E-state index in [9.17, 15) is 0 Å². The molecule has 0 fully saturated rings. The maximum absolute atomic E-state index is 4.09. The number of H-pyrrole nitrogens is 1. The summed E-state index contributed by atoms with van der Waals surface area (Å²) in [5, 5.41) is 10.1. The van der Waals surface area contributed by atoms with Crippen LogP contribution in [0.2, 0.25) is 0 Å². The van der Waals surface area contributed by atoms with Crippen LogP contribution in [0, 0.1) is 0 Å². The maximum Gasteiger partial charge on any atom is 0.137 e. The van der Waals surface area contributed by atoms with Gasteiger partial charge in [-0.05, 0) is 16.5 Å². The molecule has 2 aromatic rings. The molecular weight excluding hydrogens is 236 g/mol. The van der Waals surface area contributed by atoms with Crippen LogP contribution in [0.3, 0.4) is 0 Å². The summed E-state index contributed by atoms with van der Waals surface area (Å²) in [4.78, 5) is 4.09. The number of benzene rings is 1. The molecule has 0 amide bonds. The minimum Gasteiger partial charge on any atom is -0.312 e. The summed E-state index contributed by atoms with van der Waals surface area (Å²) in [5.74, 6) is 0.926. The molecule has 1 aromatic carbocycles. The Morgan fingerprint density at radius 1 is 1.16 bits per heavy atom. The van der Waals surface area contributed by atoms with Gasteiger partial charge in [-0.2, -0.15) is 5.10 Å². The molecule has 1 heterocycles. The lowest BCUT2D eigenvalue weighted by atomic mass is 9.87. The van der Waals surface area contributed by atoms with Crippen molar-refractivity contribution in [1.29, 1.82) is 0 Å². The van der Waals surface area contributed by atoms with Crippen molar-refractivity contribution < 1.29 is 0 Å². The first-order valence-corrected chi connectivity index (χ1v) is 6.70. The first kappa shape index (κ1) is 13.7. The Balaban J connectivity index is 1.77. The van der Waals surface area contributed by atoms with E-state index in [-0.39, 0.29) is 5.41 Å². The minimum atomic E-state index is 0.220. The molecule has 0 aliphatic carbocycles. The highest BCUT2D eigenvalue weighted by Gasteiger charge is 2.12. The summed E-state index contributed by atoms with van der Waals surface area (Å²) in [5.41, 5.74) is 2.90. The van der Waals surface area contributed by atoms with Crippen molar-refractivity contribution in [3.63, 3.8) is 0 Å². The Bertz CT molecular complexity index is 480. The smallest absolute Gasteiger partial charge is 0.137 e. The largest absolute Gasteiger partial charge is 0.312 e. The Morgan fingerprint density at radius 3 is 2.47 bits per heavy atom. The molecule has 1 aromatic heterocycles. The van der Waals surface area contributed by atoms with Gasteiger partial charge in [-0.3, -0.25) is 5.10 Å². The topological polar surface area (TPSA) is 53.6 Å². The maximum atomic E-state index is 4.09. The number of hydrogen-bond donors (Lipinski definition) is 2. The van der Waals surface area contributed by atoms with E-state index in [1.807, 2.05) is 0 Å². The molecule has 0 saturated heterocycles. The highest BCUT2D eigenvalue weighted by molar-refractivity contribution is 5.27. The van der Waals surface area contributed by atoms with E-state index in [1.54, 1.807) is 6.33 Å².